The number of carbonyl (C=O) groups is 1. The van der Waals surface area contributed by atoms with Crippen molar-refractivity contribution >= 4 is 5.91 Å². The van der Waals surface area contributed by atoms with Gasteiger partial charge in [0.15, 0.2) is 0 Å². The number of methoxy groups -OCH3 is 1. The molecule has 3 heteroatoms. The van der Waals surface area contributed by atoms with E-state index in [2.05, 4.69) is 19.1 Å². The summed E-state index contributed by atoms with van der Waals surface area (Å²) in [5.74, 6) is 1.14. The molecule has 0 spiro atoms. The lowest BCUT2D eigenvalue weighted by atomic mass is 9.62. The quantitative estimate of drug-likeness (QED) is 0.768. The number of benzene rings is 1. The van der Waals surface area contributed by atoms with Gasteiger partial charge in [-0.3, -0.25) is 4.79 Å². The van der Waals surface area contributed by atoms with Gasteiger partial charge in [-0.15, -0.1) is 0 Å². The van der Waals surface area contributed by atoms with Crippen LogP contribution in [0.25, 0.3) is 0 Å². The molecular formula is C20H31NO2. The SMILES string of the molecule is CCCCC(Cc1cccc(OC)c1)C1(C(N)=O)CCCCC1. The molecule has 0 radical (unpaired) electrons. The molecule has 1 aromatic rings. The van der Waals surface area contributed by atoms with Gasteiger partial charge >= 0.3 is 0 Å². The lowest BCUT2D eigenvalue weighted by Crippen LogP contribution is -2.45. The normalized spacial score (nSPS) is 18.3. The lowest BCUT2D eigenvalue weighted by Gasteiger charge is -2.41. The van der Waals surface area contributed by atoms with Crippen molar-refractivity contribution in [3.8, 4) is 5.75 Å². The Kier molecular flexibility index (Phi) is 6.49. The minimum absolute atomic E-state index is 0.0822. The number of ether oxygens (including phenoxy) is 1. The molecular weight excluding hydrogens is 286 g/mol. The van der Waals surface area contributed by atoms with E-state index in [-0.39, 0.29) is 11.3 Å². The molecule has 1 aliphatic rings. The fraction of sp³-hybridized carbons (Fsp3) is 0.650. The summed E-state index contributed by atoms with van der Waals surface area (Å²) < 4.78 is 5.34. The predicted molar refractivity (Wildman–Crippen MR) is 94.4 cm³/mol. The summed E-state index contributed by atoms with van der Waals surface area (Å²) in [6.45, 7) is 2.21. The molecule has 0 bridgehead atoms. The molecule has 2 N–H and O–H groups in total. The van der Waals surface area contributed by atoms with Crippen LogP contribution in [0.2, 0.25) is 0 Å². The van der Waals surface area contributed by atoms with Gasteiger partial charge in [-0.1, -0.05) is 51.2 Å². The second kappa shape index (κ2) is 8.37. The summed E-state index contributed by atoms with van der Waals surface area (Å²) in [5.41, 5.74) is 6.86. The number of hydrogen-bond acceptors (Lipinski definition) is 2. The highest BCUT2D eigenvalue weighted by atomic mass is 16.5. The van der Waals surface area contributed by atoms with Crippen molar-refractivity contribution in [1.29, 1.82) is 0 Å². The minimum Gasteiger partial charge on any atom is -0.497 e. The van der Waals surface area contributed by atoms with Crippen molar-refractivity contribution in [2.24, 2.45) is 17.1 Å². The summed E-state index contributed by atoms with van der Waals surface area (Å²) in [4.78, 5) is 12.4. The van der Waals surface area contributed by atoms with Crippen LogP contribution in [0.15, 0.2) is 24.3 Å². The van der Waals surface area contributed by atoms with E-state index >= 15 is 0 Å². The number of primary amides is 1. The molecule has 1 amide bonds. The van der Waals surface area contributed by atoms with Crippen LogP contribution in [0, 0.1) is 11.3 Å². The smallest absolute Gasteiger partial charge is 0.223 e. The van der Waals surface area contributed by atoms with E-state index in [4.69, 9.17) is 10.5 Å². The predicted octanol–water partition coefficient (Wildman–Crippen LogP) is 4.48. The monoisotopic (exact) mass is 317 g/mol. The van der Waals surface area contributed by atoms with Crippen molar-refractivity contribution in [3.63, 3.8) is 0 Å². The van der Waals surface area contributed by atoms with Gasteiger partial charge in [-0.2, -0.15) is 0 Å². The molecule has 1 atom stereocenters. The van der Waals surface area contributed by atoms with Crippen molar-refractivity contribution in [1.82, 2.24) is 0 Å². The van der Waals surface area contributed by atoms with E-state index in [9.17, 15) is 4.79 Å². The molecule has 0 aromatic heterocycles. The summed E-state index contributed by atoms with van der Waals surface area (Å²) in [5, 5.41) is 0. The van der Waals surface area contributed by atoms with Crippen molar-refractivity contribution in [2.75, 3.05) is 7.11 Å². The number of amides is 1. The van der Waals surface area contributed by atoms with Gasteiger partial charge in [0, 0.05) is 0 Å². The Morgan fingerprint density at radius 1 is 1.30 bits per heavy atom. The second-order valence-electron chi connectivity index (χ2n) is 6.98. The molecule has 23 heavy (non-hydrogen) atoms. The Hall–Kier alpha value is -1.51. The van der Waals surface area contributed by atoms with E-state index in [0.29, 0.717) is 5.92 Å². The summed E-state index contributed by atoms with van der Waals surface area (Å²) in [6, 6.07) is 8.23. The average Bonchev–Trinajstić information content (AvgIpc) is 2.59. The van der Waals surface area contributed by atoms with Gasteiger partial charge in [0.25, 0.3) is 0 Å². The maximum Gasteiger partial charge on any atom is 0.223 e. The maximum absolute atomic E-state index is 12.4. The van der Waals surface area contributed by atoms with Gasteiger partial charge in [-0.05, 0) is 49.3 Å². The van der Waals surface area contributed by atoms with E-state index in [1.807, 2.05) is 12.1 Å². The highest BCUT2D eigenvalue weighted by Crippen LogP contribution is 2.46. The van der Waals surface area contributed by atoms with Gasteiger partial charge in [0.05, 0.1) is 12.5 Å². The zero-order valence-electron chi connectivity index (χ0n) is 14.6. The Morgan fingerprint density at radius 2 is 2.04 bits per heavy atom. The van der Waals surface area contributed by atoms with Crippen LogP contribution >= 0.6 is 0 Å². The number of nitrogens with two attached hydrogens (primary N) is 1. The van der Waals surface area contributed by atoms with Crippen LogP contribution < -0.4 is 10.5 Å². The molecule has 0 heterocycles. The Balaban J connectivity index is 2.25. The van der Waals surface area contributed by atoms with Crippen LogP contribution in [-0.2, 0) is 11.2 Å². The zero-order valence-corrected chi connectivity index (χ0v) is 14.6. The van der Waals surface area contributed by atoms with Crippen molar-refractivity contribution < 1.29 is 9.53 Å². The first-order valence-corrected chi connectivity index (χ1v) is 9.05. The van der Waals surface area contributed by atoms with Gasteiger partial charge in [-0.25, -0.2) is 0 Å². The van der Waals surface area contributed by atoms with Gasteiger partial charge in [0.1, 0.15) is 5.75 Å². The fourth-order valence-corrected chi connectivity index (χ4v) is 4.15. The van der Waals surface area contributed by atoms with Crippen molar-refractivity contribution in [3.05, 3.63) is 29.8 Å². The van der Waals surface area contributed by atoms with Crippen LogP contribution in [0.1, 0.15) is 63.9 Å². The van der Waals surface area contributed by atoms with E-state index in [1.165, 1.54) is 12.0 Å². The van der Waals surface area contributed by atoms with E-state index in [1.54, 1.807) is 7.11 Å². The molecule has 0 saturated heterocycles. The average molecular weight is 317 g/mol. The van der Waals surface area contributed by atoms with Gasteiger partial charge in [0.2, 0.25) is 5.91 Å². The van der Waals surface area contributed by atoms with Crippen LogP contribution in [-0.4, -0.2) is 13.0 Å². The third kappa shape index (κ3) is 4.27. The van der Waals surface area contributed by atoms with Gasteiger partial charge < -0.3 is 10.5 Å². The van der Waals surface area contributed by atoms with Crippen LogP contribution in [0.4, 0.5) is 0 Å². The molecule has 3 nitrogen and oxygen atoms in total. The highest BCUT2D eigenvalue weighted by molar-refractivity contribution is 5.81. The largest absolute Gasteiger partial charge is 0.497 e. The first kappa shape index (κ1) is 17.8. The Labute approximate surface area is 140 Å². The molecule has 2 rings (SSSR count). The Bertz CT molecular complexity index is 506. The third-order valence-corrected chi connectivity index (χ3v) is 5.54. The van der Waals surface area contributed by atoms with Crippen molar-refractivity contribution in [2.45, 2.75) is 64.7 Å². The standard InChI is InChI=1S/C20H31NO2/c1-3-4-10-17(14-16-9-8-11-18(15-16)23-2)20(19(21)22)12-6-5-7-13-20/h8-9,11,15,17H,3-7,10,12-14H2,1-2H3,(H2,21,22). The lowest BCUT2D eigenvalue weighted by molar-refractivity contribution is -0.133. The molecule has 1 saturated carbocycles. The number of carbonyl (C=O) groups excluding carboxylic acids is 1. The zero-order chi connectivity index (χ0) is 16.7. The molecule has 128 valence electrons. The number of hydrogen-bond donors (Lipinski definition) is 1. The van der Waals surface area contributed by atoms with Crippen LogP contribution in [0.5, 0.6) is 5.75 Å². The molecule has 1 fully saturated rings. The number of unbranched alkanes of at least 4 members (excludes halogenated alkanes) is 1. The fourth-order valence-electron chi connectivity index (χ4n) is 4.15. The Morgan fingerprint density at radius 3 is 2.65 bits per heavy atom. The molecule has 1 aliphatic carbocycles. The molecule has 1 unspecified atom stereocenters. The summed E-state index contributed by atoms with van der Waals surface area (Å²) >= 11 is 0. The van der Waals surface area contributed by atoms with E-state index < -0.39 is 0 Å². The first-order valence-electron chi connectivity index (χ1n) is 9.05. The van der Waals surface area contributed by atoms with E-state index in [0.717, 1.165) is 57.1 Å². The second-order valence-corrected chi connectivity index (χ2v) is 6.98. The molecule has 0 aliphatic heterocycles. The van der Waals surface area contributed by atoms with Crippen LogP contribution in [0.3, 0.4) is 0 Å². The minimum atomic E-state index is -0.309. The topological polar surface area (TPSA) is 52.3 Å². The third-order valence-electron chi connectivity index (χ3n) is 5.54. The molecule has 1 aromatic carbocycles. The maximum atomic E-state index is 12.4. The summed E-state index contributed by atoms with van der Waals surface area (Å²) in [6.07, 6.45) is 9.72. The first-order chi connectivity index (χ1) is 11.1. The highest BCUT2D eigenvalue weighted by Gasteiger charge is 2.44. The summed E-state index contributed by atoms with van der Waals surface area (Å²) in [7, 11) is 1.69. The number of rotatable bonds is 8.